The minimum Gasteiger partial charge on any atom is -0.508 e. The average molecular weight is 311 g/mol. The lowest BCUT2D eigenvalue weighted by Gasteiger charge is -2.27. The molecule has 1 saturated heterocycles. The fourth-order valence-electron chi connectivity index (χ4n) is 3.92. The number of aromatic nitrogens is 1. The van der Waals surface area contributed by atoms with Crippen molar-refractivity contribution >= 4 is 16.6 Å². The average Bonchev–Trinajstić information content (AvgIpc) is 2.81. The minimum absolute atomic E-state index is 0.321. The van der Waals surface area contributed by atoms with Gasteiger partial charge in [0.1, 0.15) is 5.75 Å². The Morgan fingerprint density at radius 2 is 1.91 bits per heavy atom. The van der Waals surface area contributed by atoms with Crippen LogP contribution in [0.2, 0.25) is 0 Å². The number of benzene rings is 1. The molecule has 0 radical (unpaired) electrons. The Hall–Kier alpha value is -1.81. The van der Waals surface area contributed by atoms with Crippen LogP contribution in [0.25, 0.3) is 10.9 Å². The molecular weight excluding hydrogens is 286 g/mol. The smallest absolute Gasteiger partial charge is 0.116 e. The van der Waals surface area contributed by atoms with E-state index in [0.717, 1.165) is 49.7 Å². The Kier molecular flexibility index (Phi) is 4.08. The van der Waals surface area contributed by atoms with E-state index >= 15 is 0 Å². The number of pyridine rings is 1. The molecule has 0 spiro atoms. The first-order chi connectivity index (χ1) is 11.3. The molecule has 2 heterocycles. The number of nitrogens with one attached hydrogen (secondary N) is 2. The predicted molar refractivity (Wildman–Crippen MR) is 94.2 cm³/mol. The van der Waals surface area contributed by atoms with Gasteiger partial charge in [0.2, 0.25) is 0 Å². The molecule has 4 rings (SSSR count). The van der Waals surface area contributed by atoms with Gasteiger partial charge in [-0.15, -0.1) is 0 Å². The van der Waals surface area contributed by atoms with E-state index in [0.29, 0.717) is 11.8 Å². The van der Waals surface area contributed by atoms with E-state index in [2.05, 4.69) is 10.6 Å². The topological polar surface area (TPSA) is 57.2 Å². The van der Waals surface area contributed by atoms with Crippen molar-refractivity contribution in [1.29, 1.82) is 0 Å². The molecule has 3 N–H and O–H groups in total. The van der Waals surface area contributed by atoms with Crippen molar-refractivity contribution < 1.29 is 5.11 Å². The van der Waals surface area contributed by atoms with Gasteiger partial charge in [-0.05, 0) is 75.4 Å². The summed E-state index contributed by atoms with van der Waals surface area (Å²) in [5, 5.41) is 18.3. The number of hydrogen-bond acceptors (Lipinski definition) is 4. The van der Waals surface area contributed by atoms with Crippen LogP contribution in [0.15, 0.2) is 18.2 Å². The van der Waals surface area contributed by atoms with E-state index in [1.807, 2.05) is 12.1 Å². The number of fused-ring (bicyclic) bond motifs is 2. The molecule has 1 aliphatic carbocycles. The summed E-state index contributed by atoms with van der Waals surface area (Å²) in [5.74, 6) is 0.321. The van der Waals surface area contributed by atoms with Gasteiger partial charge in [0.25, 0.3) is 0 Å². The minimum atomic E-state index is 0.321. The van der Waals surface area contributed by atoms with E-state index in [1.54, 1.807) is 6.07 Å². The van der Waals surface area contributed by atoms with E-state index in [-0.39, 0.29) is 0 Å². The van der Waals surface area contributed by atoms with Gasteiger partial charge in [0, 0.05) is 22.8 Å². The second-order valence-corrected chi connectivity index (χ2v) is 6.84. The highest BCUT2D eigenvalue weighted by Gasteiger charge is 2.20. The summed E-state index contributed by atoms with van der Waals surface area (Å²) in [5.41, 5.74) is 4.88. The SMILES string of the molecule is Oc1ccc2nc3c(c(NC4CCNCC4)c2c1)CCCCC3. The molecule has 4 heteroatoms. The van der Waals surface area contributed by atoms with Crippen molar-refractivity contribution in [2.75, 3.05) is 18.4 Å². The Bertz CT molecular complexity index is 707. The molecule has 0 saturated carbocycles. The summed E-state index contributed by atoms with van der Waals surface area (Å²) in [4.78, 5) is 4.91. The monoisotopic (exact) mass is 311 g/mol. The molecular formula is C19H25N3O. The van der Waals surface area contributed by atoms with Gasteiger partial charge >= 0.3 is 0 Å². The summed E-state index contributed by atoms with van der Waals surface area (Å²) in [6.07, 6.45) is 8.23. The van der Waals surface area contributed by atoms with Crippen LogP contribution < -0.4 is 10.6 Å². The number of anilines is 1. The highest BCUT2D eigenvalue weighted by Crippen LogP contribution is 2.35. The van der Waals surface area contributed by atoms with Crippen LogP contribution in [0.3, 0.4) is 0 Å². The molecule has 0 bridgehead atoms. The van der Waals surface area contributed by atoms with Crippen molar-refractivity contribution in [1.82, 2.24) is 10.3 Å². The highest BCUT2D eigenvalue weighted by molar-refractivity contribution is 5.94. The summed E-state index contributed by atoms with van der Waals surface area (Å²) < 4.78 is 0. The standard InChI is InChI=1S/C19H25N3O/c23-14-6-7-18-16(12-14)19(21-13-8-10-20-11-9-13)15-4-2-1-3-5-17(15)22-18/h6-7,12-13,20,23H,1-5,8-11H2,(H,21,22). The second-order valence-electron chi connectivity index (χ2n) is 6.84. The van der Waals surface area contributed by atoms with Crippen LogP contribution in [0, 0.1) is 0 Å². The number of hydrogen-bond donors (Lipinski definition) is 3. The van der Waals surface area contributed by atoms with Gasteiger partial charge in [0.05, 0.1) is 5.52 Å². The molecule has 1 aromatic heterocycles. The van der Waals surface area contributed by atoms with Gasteiger partial charge in [-0.1, -0.05) is 6.42 Å². The summed E-state index contributed by atoms with van der Waals surface area (Å²) in [7, 11) is 0. The van der Waals surface area contributed by atoms with Gasteiger partial charge in [-0.25, -0.2) is 0 Å². The summed E-state index contributed by atoms with van der Waals surface area (Å²) in [6.45, 7) is 2.16. The molecule has 122 valence electrons. The zero-order chi connectivity index (χ0) is 15.6. The van der Waals surface area contributed by atoms with Crippen molar-refractivity contribution in [3.8, 4) is 5.75 Å². The third kappa shape index (κ3) is 3.00. The quantitative estimate of drug-likeness (QED) is 0.744. The predicted octanol–water partition coefficient (Wildman–Crippen LogP) is 3.37. The summed E-state index contributed by atoms with van der Waals surface area (Å²) in [6, 6.07) is 6.07. The zero-order valence-electron chi connectivity index (χ0n) is 13.6. The number of rotatable bonds is 2. The van der Waals surface area contributed by atoms with E-state index in [4.69, 9.17) is 4.98 Å². The van der Waals surface area contributed by atoms with Crippen LogP contribution >= 0.6 is 0 Å². The van der Waals surface area contributed by atoms with E-state index in [1.165, 1.54) is 36.2 Å². The second kappa shape index (κ2) is 6.36. The Balaban J connectivity index is 1.83. The fourth-order valence-corrected chi connectivity index (χ4v) is 3.92. The lowest BCUT2D eigenvalue weighted by Crippen LogP contribution is -2.35. The van der Waals surface area contributed by atoms with Gasteiger partial charge in [-0.2, -0.15) is 0 Å². The largest absolute Gasteiger partial charge is 0.508 e. The fraction of sp³-hybridized carbons (Fsp3) is 0.526. The molecule has 1 aromatic carbocycles. The van der Waals surface area contributed by atoms with Crippen LogP contribution in [0.1, 0.15) is 43.4 Å². The molecule has 2 aliphatic rings. The molecule has 0 amide bonds. The molecule has 0 unspecified atom stereocenters. The molecule has 0 atom stereocenters. The van der Waals surface area contributed by atoms with Crippen LogP contribution in [-0.4, -0.2) is 29.2 Å². The van der Waals surface area contributed by atoms with Crippen molar-refractivity contribution in [2.24, 2.45) is 0 Å². The van der Waals surface area contributed by atoms with Gasteiger partial charge in [0.15, 0.2) is 0 Å². The first-order valence-corrected chi connectivity index (χ1v) is 8.93. The molecule has 1 aliphatic heterocycles. The number of nitrogens with zero attached hydrogens (tertiary/aromatic N) is 1. The number of phenolic OH excluding ortho intramolecular Hbond substituents is 1. The maximum absolute atomic E-state index is 9.95. The Morgan fingerprint density at radius 1 is 1.09 bits per heavy atom. The van der Waals surface area contributed by atoms with Gasteiger partial charge < -0.3 is 15.7 Å². The number of aryl methyl sites for hydroxylation is 1. The van der Waals surface area contributed by atoms with Crippen molar-refractivity contribution in [3.63, 3.8) is 0 Å². The molecule has 1 fully saturated rings. The highest BCUT2D eigenvalue weighted by atomic mass is 16.3. The van der Waals surface area contributed by atoms with Crippen LogP contribution in [-0.2, 0) is 12.8 Å². The number of aromatic hydroxyl groups is 1. The lowest BCUT2D eigenvalue weighted by atomic mass is 9.99. The normalized spacial score (nSPS) is 19.3. The molecule has 2 aromatic rings. The summed E-state index contributed by atoms with van der Waals surface area (Å²) >= 11 is 0. The first-order valence-electron chi connectivity index (χ1n) is 8.93. The van der Waals surface area contributed by atoms with E-state index < -0.39 is 0 Å². The van der Waals surface area contributed by atoms with Crippen LogP contribution in [0.4, 0.5) is 5.69 Å². The first kappa shape index (κ1) is 14.8. The number of piperidine rings is 1. The lowest BCUT2D eigenvalue weighted by molar-refractivity contribution is 0.475. The Labute approximate surface area is 137 Å². The van der Waals surface area contributed by atoms with Gasteiger partial charge in [-0.3, -0.25) is 4.98 Å². The van der Waals surface area contributed by atoms with E-state index in [9.17, 15) is 5.11 Å². The molecule has 23 heavy (non-hydrogen) atoms. The maximum atomic E-state index is 9.95. The number of phenols is 1. The van der Waals surface area contributed by atoms with Crippen molar-refractivity contribution in [2.45, 2.75) is 51.0 Å². The van der Waals surface area contributed by atoms with Crippen LogP contribution in [0.5, 0.6) is 5.75 Å². The maximum Gasteiger partial charge on any atom is 0.116 e. The third-order valence-electron chi connectivity index (χ3n) is 5.18. The third-order valence-corrected chi connectivity index (χ3v) is 5.18. The van der Waals surface area contributed by atoms with Crippen molar-refractivity contribution in [3.05, 3.63) is 29.5 Å². The zero-order valence-corrected chi connectivity index (χ0v) is 13.6. The Morgan fingerprint density at radius 3 is 2.78 bits per heavy atom. The molecule has 4 nitrogen and oxygen atoms in total.